The molecule has 0 N–H and O–H groups in total. The lowest BCUT2D eigenvalue weighted by Crippen LogP contribution is -1.92. The molecule has 2 aromatic rings. The fraction of sp³-hybridized carbons (Fsp3) is 0.0909. The number of benzene rings is 1. The monoisotopic (exact) mass is 220 g/mol. The normalized spacial score (nSPS) is 9.88. The Kier molecular flexibility index (Phi) is 2.95. The Bertz CT molecular complexity index is 474. The Hall–Kier alpha value is -2.17. The number of nitrogens with zero attached hydrogens (tertiary/aromatic N) is 2. The van der Waals surface area contributed by atoms with Gasteiger partial charge in [0, 0.05) is 12.3 Å². The van der Waals surface area contributed by atoms with Crippen LogP contribution in [0.4, 0.5) is 4.39 Å². The molecule has 1 aromatic heterocycles. The van der Waals surface area contributed by atoms with E-state index in [2.05, 4.69) is 9.97 Å². The van der Waals surface area contributed by atoms with E-state index in [4.69, 9.17) is 9.47 Å². The Morgan fingerprint density at radius 2 is 1.75 bits per heavy atom. The summed E-state index contributed by atoms with van der Waals surface area (Å²) in [6.45, 7) is 0. The lowest BCUT2D eigenvalue weighted by molar-refractivity contribution is 0.410. The van der Waals surface area contributed by atoms with Gasteiger partial charge in [-0.05, 0) is 24.3 Å². The number of aromatic nitrogens is 2. The predicted octanol–water partition coefficient (Wildman–Crippen LogP) is 2.42. The molecule has 1 aromatic carbocycles. The molecular formula is C11H9FN2O2. The number of rotatable bonds is 3. The summed E-state index contributed by atoms with van der Waals surface area (Å²) in [5, 5.41) is 0. The van der Waals surface area contributed by atoms with Gasteiger partial charge < -0.3 is 9.47 Å². The van der Waals surface area contributed by atoms with E-state index in [1.807, 2.05) is 0 Å². The van der Waals surface area contributed by atoms with Crippen LogP contribution in [0, 0.1) is 6.08 Å². The van der Waals surface area contributed by atoms with Gasteiger partial charge in [0.15, 0.2) is 0 Å². The molecule has 82 valence electrons. The van der Waals surface area contributed by atoms with Gasteiger partial charge in [-0.15, -0.1) is 0 Å². The topological polar surface area (TPSA) is 44.2 Å². The van der Waals surface area contributed by atoms with Crippen molar-refractivity contribution in [1.29, 1.82) is 0 Å². The van der Waals surface area contributed by atoms with Crippen LogP contribution in [0.5, 0.6) is 17.4 Å². The van der Waals surface area contributed by atoms with Gasteiger partial charge in [-0.1, -0.05) is 0 Å². The second kappa shape index (κ2) is 4.57. The molecule has 5 heteroatoms. The lowest BCUT2D eigenvalue weighted by Gasteiger charge is -2.04. The van der Waals surface area contributed by atoms with Gasteiger partial charge in [0.1, 0.15) is 11.5 Å². The van der Waals surface area contributed by atoms with Crippen LogP contribution in [0.15, 0.2) is 36.5 Å². The van der Waals surface area contributed by atoms with Gasteiger partial charge in [0.05, 0.1) is 7.11 Å². The number of ether oxygens (including phenoxy) is 2. The summed E-state index contributed by atoms with van der Waals surface area (Å²) in [6, 6.07) is 8.38. The van der Waals surface area contributed by atoms with Crippen molar-refractivity contribution in [2.24, 2.45) is 0 Å². The average molecular weight is 220 g/mol. The second-order valence-corrected chi connectivity index (χ2v) is 2.94. The number of hydrogen-bond acceptors (Lipinski definition) is 4. The van der Waals surface area contributed by atoms with E-state index in [0.717, 1.165) is 5.75 Å². The van der Waals surface area contributed by atoms with E-state index in [-0.39, 0.29) is 5.88 Å². The van der Waals surface area contributed by atoms with E-state index in [1.54, 1.807) is 31.4 Å². The van der Waals surface area contributed by atoms with E-state index in [9.17, 15) is 4.39 Å². The highest BCUT2D eigenvalue weighted by Crippen LogP contribution is 2.21. The van der Waals surface area contributed by atoms with Crippen molar-refractivity contribution in [2.75, 3.05) is 7.11 Å². The van der Waals surface area contributed by atoms with Gasteiger partial charge in [-0.2, -0.15) is 9.37 Å². The van der Waals surface area contributed by atoms with Gasteiger partial charge in [0.2, 0.25) is 5.88 Å². The fourth-order valence-corrected chi connectivity index (χ4v) is 1.14. The highest BCUT2D eigenvalue weighted by Gasteiger charge is 2.01. The Labute approximate surface area is 91.7 Å². The third kappa shape index (κ3) is 2.44. The van der Waals surface area contributed by atoms with Gasteiger partial charge in [-0.25, -0.2) is 4.98 Å². The van der Waals surface area contributed by atoms with Gasteiger partial charge in [-0.3, -0.25) is 0 Å². The summed E-state index contributed by atoms with van der Waals surface area (Å²) in [5.41, 5.74) is 0. The third-order valence-corrected chi connectivity index (χ3v) is 1.88. The van der Waals surface area contributed by atoms with Crippen LogP contribution < -0.4 is 9.47 Å². The summed E-state index contributed by atoms with van der Waals surface area (Å²) >= 11 is 0. The molecule has 0 bridgehead atoms. The van der Waals surface area contributed by atoms with Crippen molar-refractivity contribution in [3.05, 3.63) is 42.6 Å². The third-order valence-electron chi connectivity index (χ3n) is 1.88. The molecule has 0 aliphatic heterocycles. The predicted molar refractivity (Wildman–Crippen MR) is 55.1 cm³/mol. The van der Waals surface area contributed by atoms with Crippen LogP contribution in [-0.2, 0) is 0 Å². The molecular weight excluding hydrogens is 211 g/mol. The van der Waals surface area contributed by atoms with Crippen LogP contribution >= 0.6 is 0 Å². The molecule has 0 saturated carbocycles. The molecule has 0 aliphatic carbocycles. The maximum atomic E-state index is 12.7. The number of methoxy groups -OCH3 is 1. The van der Waals surface area contributed by atoms with E-state index in [1.165, 1.54) is 12.3 Å². The summed E-state index contributed by atoms with van der Waals surface area (Å²) < 4.78 is 23.0. The minimum atomic E-state index is -0.814. The molecule has 0 unspecified atom stereocenters. The van der Waals surface area contributed by atoms with E-state index < -0.39 is 6.08 Å². The standard InChI is InChI=1S/C11H9FN2O2/c1-15-8-2-4-9(5-3-8)16-10-6-7-13-11(12)14-10/h2-7H,1H3. The van der Waals surface area contributed by atoms with E-state index >= 15 is 0 Å². The largest absolute Gasteiger partial charge is 0.497 e. The molecule has 0 amide bonds. The molecule has 0 saturated heterocycles. The quantitative estimate of drug-likeness (QED) is 0.745. The second-order valence-electron chi connectivity index (χ2n) is 2.94. The first-order chi connectivity index (χ1) is 7.78. The summed E-state index contributed by atoms with van der Waals surface area (Å²) in [7, 11) is 1.58. The number of hydrogen-bond donors (Lipinski definition) is 0. The molecule has 0 radical (unpaired) electrons. The maximum Gasteiger partial charge on any atom is 0.311 e. The molecule has 0 atom stereocenters. The molecule has 1 heterocycles. The van der Waals surface area contributed by atoms with Crippen molar-refractivity contribution in [2.45, 2.75) is 0 Å². The van der Waals surface area contributed by atoms with Crippen LogP contribution in [0.2, 0.25) is 0 Å². The summed E-state index contributed by atoms with van der Waals surface area (Å²) in [4.78, 5) is 6.81. The minimum Gasteiger partial charge on any atom is -0.497 e. The van der Waals surface area contributed by atoms with Crippen molar-refractivity contribution >= 4 is 0 Å². The first kappa shape index (κ1) is 10.4. The van der Waals surface area contributed by atoms with Crippen molar-refractivity contribution in [1.82, 2.24) is 9.97 Å². The van der Waals surface area contributed by atoms with Gasteiger partial charge >= 0.3 is 6.08 Å². The molecule has 2 rings (SSSR count). The van der Waals surface area contributed by atoms with Gasteiger partial charge in [0.25, 0.3) is 0 Å². The Morgan fingerprint density at radius 1 is 1.06 bits per heavy atom. The van der Waals surface area contributed by atoms with Crippen LogP contribution in [-0.4, -0.2) is 17.1 Å². The summed E-state index contributed by atoms with van der Waals surface area (Å²) in [5.74, 6) is 1.44. The van der Waals surface area contributed by atoms with E-state index in [0.29, 0.717) is 5.75 Å². The smallest absolute Gasteiger partial charge is 0.311 e. The minimum absolute atomic E-state index is 0.165. The Morgan fingerprint density at radius 3 is 2.38 bits per heavy atom. The first-order valence-corrected chi connectivity index (χ1v) is 4.58. The lowest BCUT2D eigenvalue weighted by atomic mass is 10.3. The van der Waals surface area contributed by atoms with Crippen molar-refractivity contribution < 1.29 is 13.9 Å². The highest BCUT2D eigenvalue weighted by atomic mass is 19.1. The molecule has 0 fully saturated rings. The summed E-state index contributed by atoms with van der Waals surface area (Å²) in [6.07, 6.45) is 0.479. The number of halogens is 1. The zero-order chi connectivity index (χ0) is 11.4. The van der Waals surface area contributed by atoms with Crippen LogP contribution in [0.25, 0.3) is 0 Å². The first-order valence-electron chi connectivity index (χ1n) is 4.58. The van der Waals surface area contributed by atoms with Crippen molar-refractivity contribution in [3.8, 4) is 17.4 Å². The molecule has 0 spiro atoms. The molecule has 0 aliphatic rings. The highest BCUT2D eigenvalue weighted by molar-refractivity contribution is 5.33. The maximum absolute atomic E-state index is 12.7. The zero-order valence-electron chi connectivity index (χ0n) is 8.55. The SMILES string of the molecule is COc1ccc(Oc2ccnc(F)n2)cc1. The fourth-order valence-electron chi connectivity index (χ4n) is 1.14. The van der Waals surface area contributed by atoms with Crippen LogP contribution in [0.3, 0.4) is 0 Å². The van der Waals surface area contributed by atoms with Crippen molar-refractivity contribution in [3.63, 3.8) is 0 Å². The molecule has 4 nitrogen and oxygen atoms in total. The average Bonchev–Trinajstić information content (AvgIpc) is 2.30. The Balaban J connectivity index is 2.14. The zero-order valence-corrected chi connectivity index (χ0v) is 8.55. The van der Waals surface area contributed by atoms with Crippen LogP contribution in [0.1, 0.15) is 0 Å². The molecule has 16 heavy (non-hydrogen) atoms.